The summed E-state index contributed by atoms with van der Waals surface area (Å²) in [6, 6.07) is 11.0. The first-order valence-corrected chi connectivity index (χ1v) is 14.2. The van der Waals surface area contributed by atoms with Crippen LogP contribution >= 0.6 is 18.9 Å². The fourth-order valence-corrected chi connectivity index (χ4v) is 6.74. The monoisotopic (exact) mass is 540 g/mol. The molecule has 0 saturated heterocycles. The number of benzene rings is 2. The second kappa shape index (κ2) is 11.3. The maximum atomic E-state index is 13.7. The molecular weight excluding hydrogens is 518 g/mol. The summed E-state index contributed by atoms with van der Waals surface area (Å²) in [7, 11) is -8.66. The number of thiophene rings is 1. The van der Waals surface area contributed by atoms with E-state index in [0.29, 0.717) is 29.0 Å². The molecule has 3 rings (SSSR count). The highest BCUT2D eigenvalue weighted by Crippen LogP contribution is 2.42. The van der Waals surface area contributed by atoms with E-state index in [0.717, 1.165) is 29.5 Å². The van der Waals surface area contributed by atoms with Gasteiger partial charge in [-0.1, -0.05) is 0 Å². The van der Waals surface area contributed by atoms with Crippen LogP contribution in [0, 0.1) is 22.6 Å². The number of nitrogens with one attached hydrogen (secondary N) is 3. The average molecular weight is 541 g/mol. The molecule has 0 radical (unpaired) electrons. The quantitative estimate of drug-likeness (QED) is 0.154. The predicted octanol–water partition coefficient (Wildman–Crippen LogP) is 3.42. The highest BCUT2D eigenvalue weighted by atomic mass is 32.2. The molecule has 2 aromatic carbocycles. The third-order valence-corrected chi connectivity index (χ3v) is 8.84. The Morgan fingerprint density at radius 1 is 1.29 bits per heavy atom. The lowest BCUT2D eigenvalue weighted by Gasteiger charge is -2.14. The number of sulfonamides is 1. The lowest BCUT2D eigenvalue weighted by Crippen LogP contribution is -2.30. The minimum atomic E-state index is -4.52. The summed E-state index contributed by atoms with van der Waals surface area (Å²) >= 11 is 0.973. The van der Waals surface area contributed by atoms with Crippen LogP contribution in [-0.4, -0.2) is 45.0 Å². The Balaban J connectivity index is 1.64. The van der Waals surface area contributed by atoms with Crippen molar-refractivity contribution in [2.24, 2.45) is 0 Å². The molecule has 0 aliphatic rings. The number of nitrogens with zero attached hydrogens (tertiary/aromatic N) is 1. The highest BCUT2D eigenvalue weighted by Gasteiger charge is 2.27. The predicted molar refractivity (Wildman–Crippen MR) is 130 cm³/mol. The number of rotatable bonds is 12. The van der Waals surface area contributed by atoms with Crippen LogP contribution in [0.25, 0.3) is 10.1 Å². The molecule has 0 amide bonds. The Morgan fingerprint density at radius 3 is 2.71 bits per heavy atom. The van der Waals surface area contributed by atoms with Gasteiger partial charge in [-0.15, -0.1) is 11.3 Å². The Morgan fingerprint density at radius 2 is 2.03 bits per heavy atom. The Hall–Kier alpha value is -2.85. The van der Waals surface area contributed by atoms with Crippen molar-refractivity contribution in [1.82, 2.24) is 10.0 Å². The van der Waals surface area contributed by atoms with E-state index in [9.17, 15) is 22.3 Å². The topological polar surface area (TPSA) is 162 Å². The molecule has 0 spiro atoms. The summed E-state index contributed by atoms with van der Waals surface area (Å²) in [4.78, 5) is 10.0. The molecule has 35 heavy (non-hydrogen) atoms. The fourth-order valence-electron chi connectivity index (χ4n) is 2.81. The zero-order valence-electron chi connectivity index (χ0n) is 18.4. The van der Waals surface area contributed by atoms with E-state index in [-0.39, 0.29) is 21.6 Å². The SMILES string of the molecule is C[C@@H](C=N)NCCOc1ccc2sc(S(=O)(=O)NCP(=O)(O)Oc3ccc(C#N)c(F)c3)cc2c1. The van der Waals surface area contributed by atoms with Crippen LogP contribution in [-0.2, 0) is 14.6 Å². The summed E-state index contributed by atoms with van der Waals surface area (Å²) in [6.45, 7) is 2.73. The van der Waals surface area contributed by atoms with Crippen molar-refractivity contribution in [3.63, 3.8) is 0 Å². The van der Waals surface area contributed by atoms with E-state index in [2.05, 4.69) is 5.32 Å². The first-order valence-electron chi connectivity index (χ1n) is 10.1. The molecule has 3 aromatic rings. The molecule has 1 aromatic heterocycles. The highest BCUT2D eigenvalue weighted by molar-refractivity contribution is 7.92. The van der Waals surface area contributed by atoms with Gasteiger partial charge in [0.05, 0.1) is 5.56 Å². The largest absolute Gasteiger partial charge is 0.492 e. The number of halogens is 1. The summed E-state index contributed by atoms with van der Waals surface area (Å²) in [5, 5.41) is 19.6. The summed E-state index contributed by atoms with van der Waals surface area (Å²) in [5.74, 6) is -0.709. The second-order valence-electron chi connectivity index (χ2n) is 7.31. The van der Waals surface area contributed by atoms with E-state index in [1.165, 1.54) is 12.3 Å². The summed E-state index contributed by atoms with van der Waals surface area (Å²) in [5.41, 5.74) is -0.266. The van der Waals surface area contributed by atoms with Gasteiger partial charge < -0.3 is 24.9 Å². The van der Waals surface area contributed by atoms with Gasteiger partial charge in [0.1, 0.15) is 40.5 Å². The molecule has 1 heterocycles. The van der Waals surface area contributed by atoms with Gasteiger partial charge in [-0.05, 0) is 48.7 Å². The van der Waals surface area contributed by atoms with Crippen LogP contribution in [0.3, 0.4) is 0 Å². The second-order valence-corrected chi connectivity index (χ2v) is 12.2. The molecule has 0 aliphatic carbocycles. The first-order chi connectivity index (χ1) is 16.5. The van der Waals surface area contributed by atoms with Gasteiger partial charge in [0.2, 0.25) is 0 Å². The van der Waals surface area contributed by atoms with Gasteiger partial charge in [-0.2, -0.15) is 9.98 Å². The van der Waals surface area contributed by atoms with Gasteiger partial charge in [-0.25, -0.2) is 17.4 Å². The van der Waals surface area contributed by atoms with E-state index in [4.69, 9.17) is 19.9 Å². The minimum Gasteiger partial charge on any atom is -0.492 e. The van der Waals surface area contributed by atoms with Gasteiger partial charge >= 0.3 is 7.60 Å². The number of fused-ring (bicyclic) bond motifs is 1. The zero-order valence-corrected chi connectivity index (χ0v) is 20.9. The Kier molecular flexibility index (Phi) is 8.60. The van der Waals surface area contributed by atoms with Gasteiger partial charge in [0.15, 0.2) is 0 Å². The maximum absolute atomic E-state index is 13.7. The van der Waals surface area contributed by atoms with E-state index in [1.807, 2.05) is 11.6 Å². The number of hydrogen-bond donors (Lipinski definition) is 4. The van der Waals surface area contributed by atoms with E-state index < -0.39 is 29.7 Å². The fraction of sp³-hybridized carbons (Fsp3) is 0.238. The molecule has 0 bridgehead atoms. The molecule has 2 atom stereocenters. The van der Waals surface area contributed by atoms with Crippen LogP contribution in [0.5, 0.6) is 11.5 Å². The number of hydrogen-bond acceptors (Lipinski definition) is 9. The van der Waals surface area contributed by atoms with Crippen molar-refractivity contribution in [1.29, 1.82) is 10.7 Å². The third-order valence-electron chi connectivity index (χ3n) is 4.58. The van der Waals surface area contributed by atoms with Crippen molar-refractivity contribution in [3.05, 3.63) is 53.8 Å². The Labute approximate surface area is 205 Å². The van der Waals surface area contributed by atoms with Gasteiger partial charge in [-0.3, -0.25) is 0 Å². The van der Waals surface area contributed by atoms with Crippen LogP contribution in [0.15, 0.2) is 46.7 Å². The zero-order chi connectivity index (χ0) is 25.6. The third kappa shape index (κ3) is 7.32. The summed E-state index contributed by atoms with van der Waals surface area (Å²) < 4.78 is 64.5. The van der Waals surface area contributed by atoms with Crippen LogP contribution in [0.2, 0.25) is 0 Å². The molecule has 10 nitrogen and oxygen atoms in total. The number of nitriles is 1. The molecule has 14 heteroatoms. The number of ether oxygens (including phenoxy) is 1. The Bertz CT molecular complexity index is 1420. The summed E-state index contributed by atoms with van der Waals surface area (Å²) in [6.07, 6.45) is 0.336. The smallest absolute Gasteiger partial charge is 0.391 e. The van der Waals surface area contributed by atoms with Crippen molar-refractivity contribution < 1.29 is 31.5 Å². The maximum Gasteiger partial charge on any atom is 0.391 e. The average Bonchev–Trinajstić information content (AvgIpc) is 3.25. The van der Waals surface area contributed by atoms with E-state index >= 15 is 0 Å². The lowest BCUT2D eigenvalue weighted by molar-refractivity contribution is 0.313. The molecule has 0 saturated carbocycles. The molecule has 1 unspecified atom stereocenters. The first kappa shape index (κ1) is 26.7. The molecular formula is C21H22FN4O6PS2. The van der Waals surface area contributed by atoms with Crippen LogP contribution in [0.1, 0.15) is 12.5 Å². The standard InChI is InChI=1S/C21H22FN4O6PS2/c1-14(11-23)25-6-7-31-17-4-5-20-16(8-17)9-21(34-20)35(29,30)26-13-33(27,28)32-18-3-2-15(12-24)19(22)10-18/h2-5,8-11,14,23,25-26H,6-7,13H2,1H3,(H,27,28)/t14-/m0/s1. The lowest BCUT2D eigenvalue weighted by atomic mass is 10.2. The van der Waals surface area contributed by atoms with Crippen molar-refractivity contribution in [3.8, 4) is 17.6 Å². The van der Waals surface area contributed by atoms with Gasteiger partial charge in [0, 0.05) is 29.6 Å². The van der Waals surface area contributed by atoms with Crippen molar-refractivity contribution >= 4 is 45.3 Å². The van der Waals surface area contributed by atoms with Crippen LogP contribution < -0.4 is 19.3 Å². The van der Waals surface area contributed by atoms with Crippen molar-refractivity contribution in [2.45, 2.75) is 17.2 Å². The van der Waals surface area contributed by atoms with Crippen LogP contribution in [0.4, 0.5) is 4.39 Å². The molecule has 4 N–H and O–H groups in total. The normalized spacial score (nSPS) is 14.1. The minimum absolute atomic E-state index is 0.0666. The van der Waals surface area contributed by atoms with Crippen molar-refractivity contribution in [2.75, 3.05) is 19.4 Å². The van der Waals surface area contributed by atoms with Gasteiger partial charge in [0.25, 0.3) is 10.0 Å². The molecule has 0 fully saturated rings. The van der Waals surface area contributed by atoms with E-state index in [1.54, 1.807) is 24.3 Å². The molecule has 0 aliphatic heterocycles. The molecule has 186 valence electrons.